The van der Waals surface area contributed by atoms with Gasteiger partial charge in [0, 0.05) is 55.1 Å². The van der Waals surface area contributed by atoms with E-state index in [9.17, 15) is 4.79 Å². The Hall–Kier alpha value is -4.37. The van der Waals surface area contributed by atoms with E-state index < -0.39 is 0 Å². The number of carbonyl (C=O) groups is 1. The molecular weight excluding hydrogens is 490 g/mol. The lowest BCUT2D eigenvalue weighted by molar-refractivity contribution is -0.111. The van der Waals surface area contributed by atoms with Crippen molar-refractivity contribution in [3.63, 3.8) is 0 Å². The molecule has 2 aromatic carbocycles. The Kier molecular flexibility index (Phi) is 7.51. The minimum absolute atomic E-state index is 0.295. The second-order valence-corrected chi connectivity index (χ2v) is 10.2. The topological polar surface area (TPSA) is 98.4 Å². The molecule has 0 atom stereocenters. The van der Waals surface area contributed by atoms with Crippen LogP contribution in [0.1, 0.15) is 24.3 Å². The fourth-order valence-corrected chi connectivity index (χ4v) is 4.62. The number of aromatic amines is 1. The number of benzene rings is 2. The first kappa shape index (κ1) is 26.2. The molecule has 0 spiro atoms. The number of ether oxygens (including phenoxy) is 1. The number of rotatable bonds is 11. The van der Waals surface area contributed by atoms with E-state index in [1.165, 1.54) is 24.5 Å². The van der Waals surface area contributed by atoms with Crippen molar-refractivity contribution in [1.82, 2.24) is 19.9 Å². The number of hydrogen-bond donors (Lipinski definition) is 3. The van der Waals surface area contributed by atoms with Crippen molar-refractivity contribution >= 4 is 39.8 Å². The molecule has 202 valence electrons. The third-order valence-corrected chi connectivity index (χ3v) is 6.99. The maximum absolute atomic E-state index is 12.3. The van der Waals surface area contributed by atoms with E-state index in [-0.39, 0.29) is 5.91 Å². The maximum Gasteiger partial charge on any atom is 0.247 e. The van der Waals surface area contributed by atoms with E-state index in [1.54, 1.807) is 13.3 Å². The SMILES string of the molecule is C=CC(=O)Nc1cc(Nc2nccc(-c3c[nH]c4ccc(C5CC5)cc34)n2)c(OC)cc1N(C)CCN(C)C. The molecule has 2 aromatic heterocycles. The van der Waals surface area contributed by atoms with Crippen LogP contribution in [-0.2, 0) is 4.79 Å². The average molecular weight is 526 g/mol. The Bertz CT molecular complexity index is 1510. The lowest BCUT2D eigenvalue weighted by atomic mass is 10.0. The molecule has 0 radical (unpaired) electrons. The Morgan fingerprint density at radius 1 is 1.15 bits per heavy atom. The van der Waals surface area contributed by atoms with Gasteiger partial charge in [-0.15, -0.1) is 0 Å². The first-order valence-electron chi connectivity index (χ1n) is 13.1. The minimum Gasteiger partial charge on any atom is -0.494 e. The largest absolute Gasteiger partial charge is 0.494 e. The van der Waals surface area contributed by atoms with Crippen LogP contribution < -0.4 is 20.3 Å². The summed E-state index contributed by atoms with van der Waals surface area (Å²) in [6.45, 7) is 5.21. The van der Waals surface area contributed by atoms with E-state index >= 15 is 0 Å². The standard InChI is InChI=1S/C30H35N7O2/c1-6-29(38)33-25-16-26(28(39-5)17-27(25)37(4)14-13-36(2)3)35-30-31-12-11-24(34-30)22-18-32-23-10-9-20(15-21(22)23)19-7-8-19/h6,9-12,15-19,32H,1,7-8,13-14H2,2-5H3,(H,33,38)(H,31,34,35). The molecule has 1 fully saturated rings. The number of nitrogens with one attached hydrogen (secondary N) is 3. The molecule has 1 saturated carbocycles. The number of nitrogens with zero attached hydrogens (tertiary/aromatic N) is 4. The Balaban J connectivity index is 1.47. The monoisotopic (exact) mass is 525 g/mol. The summed E-state index contributed by atoms with van der Waals surface area (Å²) in [4.78, 5) is 29.1. The van der Waals surface area contributed by atoms with Gasteiger partial charge in [0.2, 0.25) is 11.9 Å². The van der Waals surface area contributed by atoms with Crippen LogP contribution in [0.2, 0.25) is 0 Å². The summed E-state index contributed by atoms with van der Waals surface area (Å²) < 4.78 is 5.73. The van der Waals surface area contributed by atoms with E-state index in [0.29, 0.717) is 29.0 Å². The lowest BCUT2D eigenvalue weighted by Gasteiger charge is -2.26. The highest BCUT2D eigenvalue weighted by Gasteiger charge is 2.24. The predicted molar refractivity (Wildman–Crippen MR) is 158 cm³/mol. The molecular formula is C30H35N7O2. The highest BCUT2D eigenvalue weighted by atomic mass is 16.5. The first-order chi connectivity index (χ1) is 18.9. The molecule has 4 aromatic rings. The number of amides is 1. The average Bonchev–Trinajstić information content (AvgIpc) is 3.70. The van der Waals surface area contributed by atoms with Gasteiger partial charge in [-0.25, -0.2) is 9.97 Å². The van der Waals surface area contributed by atoms with Crippen LogP contribution in [0.4, 0.5) is 23.0 Å². The summed E-state index contributed by atoms with van der Waals surface area (Å²) in [5.74, 6) is 1.41. The third-order valence-electron chi connectivity index (χ3n) is 6.99. The second kappa shape index (κ2) is 11.2. The molecule has 39 heavy (non-hydrogen) atoms. The highest BCUT2D eigenvalue weighted by molar-refractivity contribution is 6.02. The van der Waals surface area contributed by atoms with Gasteiger partial charge in [-0.2, -0.15) is 0 Å². The van der Waals surface area contributed by atoms with Crippen molar-refractivity contribution in [2.75, 3.05) is 56.9 Å². The molecule has 9 heteroatoms. The van der Waals surface area contributed by atoms with Gasteiger partial charge in [0.1, 0.15) is 5.75 Å². The van der Waals surface area contributed by atoms with E-state index in [4.69, 9.17) is 9.72 Å². The number of H-pyrrole nitrogens is 1. The molecule has 0 unspecified atom stereocenters. The van der Waals surface area contributed by atoms with Crippen LogP contribution in [-0.4, -0.2) is 67.1 Å². The summed E-state index contributed by atoms with van der Waals surface area (Å²) in [5.41, 5.74) is 6.39. The molecule has 0 bridgehead atoms. The van der Waals surface area contributed by atoms with Crippen molar-refractivity contribution < 1.29 is 9.53 Å². The van der Waals surface area contributed by atoms with Gasteiger partial charge in [0.05, 0.1) is 29.9 Å². The quantitative estimate of drug-likeness (QED) is 0.226. The zero-order valence-corrected chi connectivity index (χ0v) is 22.9. The van der Waals surface area contributed by atoms with Crippen molar-refractivity contribution in [1.29, 1.82) is 0 Å². The molecule has 3 N–H and O–H groups in total. The predicted octanol–water partition coefficient (Wildman–Crippen LogP) is 5.38. The molecule has 5 rings (SSSR count). The van der Waals surface area contributed by atoms with Crippen LogP contribution in [0.25, 0.3) is 22.2 Å². The van der Waals surface area contributed by atoms with Crippen molar-refractivity contribution in [3.05, 3.63) is 67.0 Å². The van der Waals surface area contributed by atoms with E-state index in [0.717, 1.165) is 40.9 Å². The number of likely N-dealkylation sites (N-methyl/N-ethyl adjacent to an activating group) is 2. The summed E-state index contributed by atoms with van der Waals surface area (Å²) in [6.07, 6.45) is 7.51. The molecule has 1 amide bonds. The Labute approximate surface area is 228 Å². The maximum atomic E-state index is 12.3. The number of anilines is 4. The lowest BCUT2D eigenvalue weighted by Crippen LogP contribution is -2.29. The van der Waals surface area contributed by atoms with Gasteiger partial charge in [0.15, 0.2) is 0 Å². The van der Waals surface area contributed by atoms with Crippen LogP contribution in [0, 0.1) is 0 Å². The minimum atomic E-state index is -0.295. The highest BCUT2D eigenvalue weighted by Crippen LogP contribution is 2.42. The summed E-state index contributed by atoms with van der Waals surface area (Å²) >= 11 is 0. The number of hydrogen-bond acceptors (Lipinski definition) is 7. The van der Waals surface area contributed by atoms with Gasteiger partial charge in [-0.1, -0.05) is 12.6 Å². The van der Waals surface area contributed by atoms with E-state index in [2.05, 4.69) is 55.2 Å². The summed E-state index contributed by atoms with van der Waals surface area (Å²) in [5, 5.41) is 7.38. The first-order valence-corrected chi connectivity index (χ1v) is 13.1. The van der Waals surface area contributed by atoms with Crippen LogP contribution >= 0.6 is 0 Å². The second-order valence-electron chi connectivity index (χ2n) is 10.2. The fraction of sp³-hybridized carbons (Fsp3) is 0.300. The third kappa shape index (κ3) is 5.88. The zero-order valence-electron chi connectivity index (χ0n) is 22.9. The van der Waals surface area contributed by atoms with Crippen LogP contribution in [0.15, 0.2) is 61.4 Å². The smallest absolute Gasteiger partial charge is 0.247 e. The normalized spacial score (nSPS) is 12.9. The van der Waals surface area contributed by atoms with Crippen LogP contribution in [0.5, 0.6) is 5.75 Å². The van der Waals surface area contributed by atoms with Gasteiger partial charge in [-0.05, 0) is 68.8 Å². The van der Waals surface area contributed by atoms with Gasteiger partial charge in [0.25, 0.3) is 0 Å². The van der Waals surface area contributed by atoms with Crippen LogP contribution in [0.3, 0.4) is 0 Å². The fourth-order valence-electron chi connectivity index (χ4n) is 4.62. The summed E-state index contributed by atoms with van der Waals surface area (Å²) in [7, 11) is 7.65. The Morgan fingerprint density at radius 3 is 2.69 bits per heavy atom. The number of methoxy groups -OCH3 is 1. The van der Waals surface area contributed by atoms with Crippen molar-refractivity contribution in [2.24, 2.45) is 0 Å². The van der Waals surface area contributed by atoms with Crippen molar-refractivity contribution in [2.45, 2.75) is 18.8 Å². The molecule has 1 aliphatic carbocycles. The Morgan fingerprint density at radius 2 is 1.97 bits per heavy atom. The molecule has 2 heterocycles. The molecule has 1 aliphatic rings. The van der Waals surface area contributed by atoms with Crippen molar-refractivity contribution in [3.8, 4) is 17.0 Å². The van der Waals surface area contributed by atoms with Gasteiger partial charge >= 0.3 is 0 Å². The summed E-state index contributed by atoms with van der Waals surface area (Å²) in [6, 6.07) is 12.3. The molecule has 0 saturated heterocycles. The molecule has 9 nitrogen and oxygen atoms in total. The molecule has 0 aliphatic heterocycles. The zero-order chi connectivity index (χ0) is 27.5. The number of aromatic nitrogens is 3. The number of carbonyl (C=O) groups excluding carboxylic acids is 1. The van der Waals surface area contributed by atoms with E-state index in [1.807, 2.05) is 45.5 Å². The number of fused-ring (bicyclic) bond motifs is 1. The van der Waals surface area contributed by atoms with Gasteiger partial charge in [-0.3, -0.25) is 4.79 Å². The van der Waals surface area contributed by atoms with Gasteiger partial charge < -0.3 is 30.2 Å².